The zero-order chi connectivity index (χ0) is 13.3. The zero-order valence-corrected chi connectivity index (χ0v) is 11.1. The van der Waals surface area contributed by atoms with Gasteiger partial charge < -0.3 is 10.6 Å². The van der Waals surface area contributed by atoms with Gasteiger partial charge in [-0.05, 0) is 25.0 Å². The van der Waals surface area contributed by atoms with Crippen molar-refractivity contribution in [1.29, 1.82) is 0 Å². The summed E-state index contributed by atoms with van der Waals surface area (Å²) in [7, 11) is 0. The molecule has 0 bridgehead atoms. The van der Waals surface area contributed by atoms with Gasteiger partial charge in [-0.15, -0.1) is 0 Å². The van der Waals surface area contributed by atoms with E-state index >= 15 is 0 Å². The Balaban J connectivity index is 2.31. The summed E-state index contributed by atoms with van der Waals surface area (Å²) in [5.74, 6) is -0.934. The lowest BCUT2D eigenvalue weighted by molar-refractivity contribution is 0.0741. The maximum absolute atomic E-state index is 13.4. The van der Waals surface area contributed by atoms with Crippen LogP contribution in [0.4, 0.5) is 4.39 Å². The minimum atomic E-state index is -0.645. The highest BCUT2D eigenvalue weighted by Gasteiger charge is 2.29. The average molecular weight is 291 g/mol. The first-order valence-corrected chi connectivity index (χ1v) is 6.45. The summed E-state index contributed by atoms with van der Waals surface area (Å²) in [4.78, 5) is 13.9. The Bertz CT molecular complexity index is 481. The highest BCUT2D eigenvalue weighted by molar-refractivity contribution is 6.36. The van der Waals surface area contributed by atoms with Crippen LogP contribution in [0, 0.1) is 5.82 Å². The van der Waals surface area contributed by atoms with E-state index in [0.717, 1.165) is 18.9 Å². The van der Waals surface area contributed by atoms with Crippen LogP contribution < -0.4 is 5.73 Å². The summed E-state index contributed by atoms with van der Waals surface area (Å²) in [6.45, 7) is 1.03. The van der Waals surface area contributed by atoms with E-state index in [1.54, 1.807) is 4.90 Å². The molecule has 6 heteroatoms. The smallest absolute Gasteiger partial charge is 0.255 e. The van der Waals surface area contributed by atoms with Gasteiger partial charge in [0.2, 0.25) is 0 Å². The lowest BCUT2D eigenvalue weighted by atomic mass is 10.1. The molecule has 1 aliphatic heterocycles. The fourth-order valence-electron chi connectivity index (χ4n) is 2.19. The van der Waals surface area contributed by atoms with Crippen molar-refractivity contribution in [2.24, 2.45) is 5.73 Å². The molecule has 18 heavy (non-hydrogen) atoms. The second-order valence-corrected chi connectivity index (χ2v) is 5.09. The molecule has 2 rings (SSSR count). The van der Waals surface area contributed by atoms with E-state index in [1.807, 2.05) is 0 Å². The minimum Gasteiger partial charge on any atom is -0.334 e. The van der Waals surface area contributed by atoms with Crippen LogP contribution in [0.2, 0.25) is 10.0 Å². The summed E-state index contributed by atoms with van der Waals surface area (Å²) in [5, 5.41) is 0.0717. The average Bonchev–Trinajstić information content (AvgIpc) is 2.81. The Morgan fingerprint density at radius 1 is 1.44 bits per heavy atom. The van der Waals surface area contributed by atoms with Crippen molar-refractivity contribution in [3.63, 3.8) is 0 Å². The van der Waals surface area contributed by atoms with Gasteiger partial charge in [0, 0.05) is 19.1 Å². The first-order chi connectivity index (χ1) is 8.54. The number of amides is 1. The molecule has 1 heterocycles. The molecule has 0 saturated carbocycles. The molecule has 1 atom stereocenters. The van der Waals surface area contributed by atoms with Gasteiger partial charge in [0.1, 0.15) is 5.82 Å². The van der Waals surface area contributed by atoms with Gasteiger partial charge in [-0.25, -0.2) is 4.39 Å². The van der Waals surface area contributed by atoms with E-state index in [-0.39, 0.29) is 27.6 Å². The monoisotopic (exact) mass is 290 g/mol. The third-order valence-corrected chi connectivity index (χ3v) is 3.75. The number of nitrogens with zero attached hydrogens (tertiary/aromatic N) is 1. The van der Waals surface area contributed by atoms with Crippen LogP contribution in [0.25, 0.3) is 0 Å². The van der Waals surface area contributed by atoms with Gasteiger partial charge in [-0.2, -0.15) is 0 Å². The van der Waals surface area contributed by atoms with Crippen LogP contribution in [-0.4, -0.2) is 29.9 Å². The van der Waals surface area contributed by atoms with E-state index < -0.39 is 5.82 Å². The van der Waals surface area contributed by atoms with E-state index in [0.29, 0.717) is 13.1 Å². The van der Waals surface area contributed by atoms with Crippen molar-refractivity contribution >= 4 is 29.1 Å². The molecule has 1 amide bonds. The van der Waals surface area contributed by atoms with E-state index in [2.05, 4.69) is 0 Å². The summed E-state index contributed by atoms with van der Waals surface area (Å²) in [6.07, 6.45) is 1.78. The SMILES string of the molecule is NC[C@@H]1CCCN1C(=O)c1cc(F)c(Cl)cc1Cl. The lowest BCUT2D eigenvalue weighted by Crippen LogP contribution is -2.40. The van der Waals surface area contributed by atoms with Crippen molar-refractivity contribution < 1.29 is 9.18 Å². The van der Waals surface area contributed by atoms with Crippen LogP contribution >= 0.6 is 23.2 Å². The predicted octanol–water partition coefficient (Wildman–Crippen LogP) is 2.70. The molecule has 2 N–H and O–H groups in total. The molecule has 0 aliphatic carbocycles. The minimum absolute atomic E-state index is 0.00676. The molecule has 1 fully saturated rings. The Morgan fingerprint density at radius 3 is 2.83 bits per heavy atom. The number of carbonyl (C=O) groups excluding carboxylic acids is 1. The van der Waals surface area contributed by atoms with E-state index in [9.17, 15) is 9.18 Å². The second kappa shape index (κ2) is 5.43. The summed E-state index contributed by atoms with van der Waals surface area (Å²) >= 11 is 11.5. The van der Waals surface area contributed by atoms with Crippen molar-refractivity contribution in [2.45, 2.75) is 18.9 Å². The van der Waals surface area contributed by atoms with Gasteiger partial charge in [-0.3, -0.25) is 4.79 Å². The quantitative estimate of drug-likeness (QED) is 0.852. The van der Waals surface area contributed by atoms with Gasteiger partial charge >= 0.3 is 0 Å². The number of hydrogen-bond acceptors (Lipinski definition) is 2. The van der Waals surface area contributed by atoms with Crippen LogP contribution in [0.1, 0.15) is 23.2 Å². The third-order valence-electron chi connectivity index (χ3n) is 3.15. The fourth-order valence-corrected chi connectivity index (χ4v) is 2.65. The van der Waals surface area contributed by atoms with Crippen molar-refractivity contribution in [2.75, 3.05) is 13.1 Å². The molecule has 1 aromatic carbocycles. The molecule has 0 radical (unpaired) electrons. The molecule has 98 valence electrons. The largest absolute Gasteiger partial charge is 0.334 e. The van der Waals surface area contributed by atoms with Crippen molar-refractivity contribution in [3.8, 4) is 0 Å². The van der Waals surface area contributed by atoms with Crippen LogP contribution in [-0.2, 0) is 0 Å². The van der Waals surface area contributed by atoms with Gasteiger partial charge in [0.15, 0.2) is 0 Å². The maximum Gasteiger partial charge on any atom is 0.255 e. The number of hydrogen-bond donors (Lipinski definition) is 1. The normalized spacial score (nSPS) is 19.3. The number of rotatable bonds is 2. The third kappa shape index (κ3) is 2.46. The van der Waals surface area contributed by atoms with Gasteiger partial charge in [0.25, 0.3) is 5.91 Å². The van der Waals surface area contributed by atoms with Gasteiger partial charge in [0.05, 0.1) is 15.6 Å². The first-order valence-electron chi connectivity index (χ1n) is 5.70. The summed E-state index contributed by atoms with van der Waals surface area (Å²) < 4.78 is 13.4. The fraction of sp³-hybridized carbons (Fsp3) is 0.417. The Labute approximate surface area is 115 Å². The predicted molar refractivity (Wildman–Crippen MR) is 69.5 cm³/mol. The Kier molecular flexibility index (Phi) is 4.10. The van der Waals surface area contributed by atoms with Gasteiger partial charge in [-0.1, -0.05) is 23.2 Å². The molecule has 1 aliphatic rings. The molecule has 0 unspecified atom stereocenters. The number of benzene rings is 1. The number of likely N-dealkylation sites (tertiary alicyclic amines) is 1. The molecular weight excluding hydrogens is 278 g/mol. The number of halogens is 3. The highest BCUT2D eigenvalue weighted by atomic mass is 35.5. The lowest BCUT2D eigenvalue weighted by Gasteiger charge is -2.24. The molecule has 3 nitrogen and oxygen atoms in total. The number of nitrogens with two attached hydrogens (primary N) is 1. The van der Waals surface area contributed by atoms with E-state index in [1.165, 1.54) is 6.07 Å². The summed E-state index contributed by atoms with van der Waals surface area (Å²) in [6, 6.07) is 2.34. The van der Waals surface area contributed by atoms with Crippen LogP contribution in [0.15, 0.2) is 12.1 Å². The van der Waals surface area contributed by atoms with Crippen molar-refractivity contribution in [1.82, 2.24) is 4.90 Å². The Morgan fingerprint density at radius 2 is 2.17 bits per heavy atom. The topological polar surface area (TPSA) is 46.3 Å². The zero-order valence-electron chi connectivity index (χ0n) is 9.63. The van der Waals surface area contributed by atoms with Crippen LogP contribution in [0.3, 0.4) is 0 Å². The molecular formula is C12H13Cl2FN2O. The number of carbonyl (C=O) groups is 1. The first kappa shape index (κ1) is 13.6. The van der Waals surface area contributed by atoms with E-state index in [4.69, 9.17) is 28.9 Å². The van der Waals surface area contributed by atoms with Crippen molar-refractivity contribution in [3.05, 3.63) is 33.6 Å². The highest BCUT2D eigenvalue weighted by Crippen LogP contribution is 2.27. The molecule has 0 aromatic heterocycles. The Hall–Kier alpha value is -0.840. The molecule has 0 spiro atoms. The molecule has 1 saturated heterocycles. The molecule has 1 aromatic rings. The summed E-state index contributed by atoms with van der Waals surface area (Å²) in [5.41, 5.74) is 5.75. The maximum atomic E-state index is 13.4. The van der Waals surface area contributed by atoms with Crippen LogP contribution in [0.5, 0.6) is 0 Å². The second-order valence-electron chi connectivity index (χ2n) is 4.28. The standard InChI is InChI=1S/C12H13Cl2FN2O/c13-9-5-10(14)11(15)4-8(9)12(18)17-3-1-2-7(17)6-16/h4-5,7H,1-3,6,16H2/t7-/m0/s1.